The van der Waals surface area contributed by atoms with Crippen LogP contribution in [0.15, 0.2) is 22.7 Å². The lowest BCUT2D eigenvalue weighted by Crippen LogP contribution is -2.14. The zero-order chi connectivity index (χ0) is 11.3. The zero-order valence-corrected chi connectivity index (χ0v) is 10.5. The molecule has 0 aliphatic carbocycles. The summed E-state index contributed by atoms with van der Waals surface area (Å²) in [5.41, 5.74) is 0.491. The number of nitrogens with one attached hydrogen (secondary N) is 1. The SMILES string of the molecule is CC(C)OCCNc1c(F)cccc1Br. The van der Waals surface area contributed by atoms with Gasteiger partial charge in [0.05, 0.1) is 18.4 Å². The maximum Gasteiger partial charge on any atom is 0.147 e. The highest BCUT2D eigenvalue weighted by atomic mass is 79.9. The van der Waals surface area contributed by atoms with Crippen molar-refractivity contribution < 1.29 is 9.13 Å². The van der Waals surface area contributed by atoms with Gasteiger partial charge in [-0.15, -0.1) is 0 Å². The summed E-state index contributed by atoms with van der Waals surface area (Å²) in [6.45, 7) is 5.11. The number of hydrogen-bond donors (Lipinski definition) is 1. The van der Waals surface area contributed by atoms with Gasteiger partial charge in [0.2, 0.25) is 0 Å². The van der Waals surface area contributed by atoms with Crippen molar-refractivity contribution in [3.05, 3.63) is 28.5 Å². The number of hydrogen-bond acceptors (Lipinski definition) is 2. The van der Waals surface area contributed by atoms with Crippen LogP contribution in [0.5, 0.6) is 0 Å². The normalized spacial score (nSPS) is 10.7. The summed E-state index contributed by atoms with van der Waals surface area (Å²) in [5.74, 6) is -0.256. The highest BCUT2D eigenvalue weighted by Crippen LogP contribution is 2.24. The van der Waals surface area contributed by atoms with E-state index in [1.54, 1.807) is 12.1 Å². The smallest absolute Gasteiger partial charge is 0.147 e. The van der Waals surface area contributed by atoms with E-state index in [2.05, 4.69) is 21.2 Å². The first kappa shape index (κ1) is 12.5. The summed E-state index contributed by atoms with van der Waals surface area (Å²) in [6.07, 6.45) is 0.205. The molecule has 1 aromatic rings. The van der Waals surface area contributed by atoms with Crippen molar-refractivity contribution in [2.24, 2.45) is 0 Å². The lowest BCUT2D eigenvalue weighted by molar-refractivity contribution is 0.0870. The van der Waals surface area contributed by atoms with Crippen molar-refractivity contribution in [1.29, 1.82) is 0 Å². The van der Waals surface area contributed by atoms with Crippen molar-refractivity contribution in [3.63, 3.8) is 0 Å². The Hall–Kier alpha value is -0.610. The summed E-state index contributed by atoms with van der Waals surface area (Å²) in [7, 11) is 0. The molecular weight excluding hydrogens is 261 g/mol. The predicted molar refractivity (Wildman–Crippen MR) is 63.7 cm³/mol. The van der Waals surface area contributed by atoms with Crippen molar-refractivity contribution >= 4 is 21.6 Å². The van der Waals surface area contributed by atoms with Gasteiger partial charge in [-0.2, -0.15) is 0 Å². The Morgan fingerprint density at radius 1 is 1.47 bits per heavy atom. The molecule has 0 radical (unpaired) electrons. The molecule has 0 aromatic heterocycles. The topological polar surface area (TPSA) is 21.3 Å². The van der Waals surface area contributed by atoms with E-state index in [1.165, 1.54) is 6.07 Å². The molecule has 0 atom stereocenters. The first-order chi connectivity index (χ1) is 7.11. The fourth-order valence-electron chi connectivity index (χ4n) is 1.14. The van der Waals surface area contributed by atoms with Crippen molar-refractivity contribution in [2.75, 3.05) is 18.5 Å². The van der Waals surface area contributed by atoms with Crippen LogP contribution in [0.25, 0.3) is 0 Å². The third kappa shape index (κ3) is 4.18. The van der Waals surface area contributed by atoms with Gasteiger partial charge >= 0.3 is 0 Å². The van der Waals surface area contributed by atoms with Crippen LogP contribution in [0, 0.1) is 5.82 Å². The molecule has 0 saturated heterocycles. The van der Waals surface area contributed by atoms with Gasteiger partial charge in [0.1, 0.15) is 5.82 Å². The summed E-state index contributed by atoms with van der Waals surface area (Å²) in [6, 6.07) is 4.89. The second kappa shape index (κ2) is 6.08. The molecule has 15 heavy (non-hydrogen) atoms. The Labute approximate surface area is 98.0 Å². The van der Waals surface area contributed by atoms with Crippen LogP contribution < -0.4 is 5.32 Å². The minimum atomic E-state index is -0.256. The average Bonchev–Trinajstić information content (AvgIpc) is 2.15. The molecule has 4 heteroatoms. The van der Waals surface area contributed by atoms with E-state index >= 15 is 0 Å². The van der Waals surface area contributed by atoms with E-state index in [4.69, 9.17) is 4.74 Å². The minimum Gasteiger partial charge on any atom is -0.379 e. The molecular formula is C11H15BrFNO. The van der Waals surface area contributed by atoms with Gasteiger partial charge in [0.25, 0.3) is 0 Å². The summed E-state index contributed by atoms with van der Waals surface area (Å²) in [4.78, 5) is 0. The van der Waals surface area contributed by atoms with Crippen LogP contribution in [-0.2, 0) is 4.74 Å². The first-order valence-corrected chi connectivity index (χ1v) is 5.70. The Morgan fingerprint density at radius 3 is 2.80 bits per heavy atom. The molecule has 0 amide bonds. The monoisotopic (exact) mass is 275 g/mol. The van der Waals surface area contributed by atoms with Gasteiger partial charge in [-0.1, -0.05) is 6.07 Å². The Bertz CT molecular complexity index is 297. The Balaban J connectivity index is 2.43. The fraction of sp³-hybridized carbons (Fsp3) is 0.455. The molecule has 1 N–H and O–H groups in total. The van der Waals surface area contributed by atoms with Crippen LogP contribution in [0.4, 0.5) is 10.1 Å². The molecule has 1 aromatic carbocycles. The molecule has 84 valence electrons. The number of para-hydroxylation sites is 1. The number of benzene rings is 1. The predicted octanol–water partition coefficient (Wildman–Crippen LogP) is 3.43. The van der Waals surface area contributed by atoms with Crippen LogP contribution in [0.3, 0.4) is 0 Å². The maximum absolute atomic E-state index is 13.3. The molecule has 0 heterocycles. The Morgan fingerprint density at radius 2 is 2.20 bits per heavy atom. The molecule has 0 aliphatic heterocycles. The minimum absolute atomic E-state index is 0.205. The van der Waals surface area contributed by atoms with Crippen LogP contribution in [-0.4, -0.2) is 19.3 Å². The second-order valence-electron chi connectivity index (χ2n) is 3.44. The van der Waals surface area contributed by atoms with Gasteiger partial charge in [-0.25, -0.2) is 4.39 Å². The number of halogens is 2. The quantitative estimate of drug-likeness (QED) is 0.832. The van der Waals surface area contributed by atoms with E-state index in [0.717, 1.165) is 4.47 Å². The van der Waals surface area contributed by atoms with Gasteiger partial charge in [0, 0.05) is 11.0 Å². The summed E-state index contributed by atoms with van der Waals surface area (Å²) < 4.78 is 19.4. The maximum atomic E-state index is 13.3. The van der Waals surface area contributed by atoms with E-state index in [1.807, 2.05) is 13.8 Å². The fourth-order valence-corrected chi connectivity index (χ4v) is 1.62. The second-order valence-corrected chi connectivity index (χ2v) is 4.30. The van der Waals surface area contributed by atoms with Crippen molar-refractivity contribution in [1.82, 2.24) is 0 Å². The molecule has 0 fully saturated rings. The van der Waals surface area contributed by atoms with Gasteiger partial charge in [0.15, 0.2) is 0 Å². The molecule has 0 saturated carbocycles. The van der Waals surface area contributed by atoms with Gasteiger partial charge in [-0.3, -0.25) is 0 Å². The lowest BCUT2D eigenvalue weighted by Gasteiger charge is -2.11. The lowest BCUT2D eigenvalue weighted by atomic mass is 10.3. The highest BCUT2D eigenvalue weighted by Gasteiger charge is 2.04. The highest BCUT2D eigenvalue weighted by molar-refractivity contribution is 9.10. The first-order valence-electron chi connectivity index (χ1n) is 4.90. The third-order valence-electron chi connectivity index (χ3n) is 1.82. The molecule has 0 unspecified atom stereocenters. The molecule has 0 aliphatic rings. The van der Waals surface area contributed by atoms with Crippen LogP contribution >= 0.6 is 15.9 Å². The van der Waals surface area contributed by atoms with E-state index < -0.39 is 0 Å². The van der Waals surface area contributed by atoms with Crippen LogP contribution in [0.1, 0.15) is 13.8 Å². The zero-order valence-electron chi connectivity index (χ0n) is 8.89. The number of anilines is 1. The van der Waals surface area contributed by atoms with Crippen molar-refractivity contribution in [3.8, 4) is 0 Å². The largest absolute Gasteiger partial charge is 0.379 e. The van der Waals surface area contributed by atoms with Crippen LogP contribution in [0.2, 0.25) is 0 Å². The average molecular weight is 276 g/mol. The standard InChI is InChI=1S/C11H15BrFNO/c1-8(2)15-7-6-14-11-9(12)4-3-5-10(11)13/h3-5,8,14H,6-7H2,1-2H3. The van der Waals surface area contributed by atoms with Gasteiger partial charge in [-0.05, 0) is 41.9 Å². The van der Waals surface area contributed by atoms with Gasteiger partial charge < -0.3 is 10.1 Å². The number of rotatable bonds is 5. The molecule has 0 bridgehead atoms. The molecule has 1 rings (SSSR count). The Kier molecular flexibility index (Phi) is 5.05. The van der Waals surface area contributed by atoms with E-state index in [-0.39, 0.29) is 11.9 Å². The summed E-state index contributed by atoms with van der Waals surface area (Å²) >= 11 is 3.28. The van der Waals surface area contributed by atoms with Crippen molar-refractivity contribution in [2.45, 2.75) is 20.0 Å². The molecule has 2 nitrogen and oxygen atoms in total. The van der Waals surface area contributed by atoms with E-state index in [9.17, 15) is 4.39 Å². The summed E-state index contributed by atoms with van der Waals surface area (Å²) in [5, 5.41) is 2.99. The van der Waals surface area contributed by atoms with E-state index in [0.29, 0.717) is 18.8 Å². The number of ether oxygens (including phenoxy) is 1. The third-order valence-corrected chi connectivity index (χ3v) is 2.48. The molecule has 0 spiro atoms.